The van der Waals surface area contributed by atoms with Crippen LogP contribution in [-0.4, -0.2) is 6.41 Å². The average Bonchev–Trinajstić information content (AvgIpc) is 2.02. The monoisotopic (exact) mass is 231 g/mol. The minimum Gasteiger partial charge on any atom is -0.350 e. The summed E-state index contributed by atoms with van der Waals surface area (Å²) in [6.45, 7) is 3.74. The number of carbonyl (C=O) groups is 1. The molecule has 0 heterocycles. The topological polar surface area (TPSA) is 29.1 Å². The second-order valence-electron chi connectivity index (χ2n) is 3.51. The van der Waals surface area contributed by atoms with Crippen LogP contribution in [-0.2, 0) is 10.3 Å². The van der Waals surface area contributed by atoms with Gasteiger partial charge < -0.3 is 5.32 Å². The van der Waals surface area contributed by atoms with Gasteiger partial charge in [0.2, 0.25) is 6.41 Å². The van der Waals surface area contributed by atoms with E-state index in [2.05, 4.69) is 5.32 Å². The van der Waals surface area contributed by atoms with Crippen LogP contribution < -0.4 is 5.32 Å². The maximum Gasteiger partial charge on any atom is 0.207 e. The molecule has 0 saturated heterocycles. The quantitative estimate of drug-likeness (QED) is 0.797. The van der Waals surface area contributed by atoms with Crippen molar-refractivity contribution in [1.82, 2.24) is 5.32 Å². The molecule has 0 saturated carbocycles. The van der Waals surface area contributed by atoms with Gasteiger partial charge in [0, 0.05) is 10.0 Å². The largest absolute Gasteiger partial charge is 0.350 e. The lowest BCUT2D eigenvalue weighted by Gasteiger charge is -2.25. The van der Waals surface area contributed by atoms with Crippen LogP contribution in [0, 0.1) is 0 Å². The Morgan fingerprint density at radius 3 is 2.50 bits per heavy atom. The van der Waals surface area contributed by atoms with Gasteiger partial charge in [-0.05, 0) is 31.5 Å². The van der Waals surface area contributed by atoms with Crippen molar-refractivity contribution in [3.8, 4) is 0 Å². The first kappa shape index (κ1) is 11.3. The van der Waals surface area contributed by atoms with E-state index in [4.69, 9.17) is 23.2 Å². The van der Waals surface area contributed by atoms with Crippen LogP contribution in [0.25, 0.3) is 0 Å². The molecule has 0 aliphatic rings. The molecule has 14 heavy (non-hydrogen) atoms. The lowest BCUT2D eigenvalue weighted by Crippen LogP contribution is -2.35. The molecule has 0 aromatic heterocycles. The summed E-state index contributed by atoms with van der Waals surface area (Å²) in [7, 11) is 0. The summed E-state index contributed by atoms with van der Waals surface area (Å²) in [4.78, 5) is 10.4. The summed E-state index contributed by atoms with van der Waals surface area (Å²) in [5.41, 5.74) is 0.360. The van der Waals surface area contributed by atoms with Gasteiger partial charge in [0.25, 0.3) is 0 Å². The molecule has 0 aliphatic carbocycles. The summed E-state index contributed by atoms with van der Waals surface area (Å²) >= 11 is 11.8. The highest BCUT2D eigenvalue weighted by Crippen LogP contribution is 2.29. The van der Waals surface area contributed by atoms with Gasteiger partial charge in [0.1, 0.15) is 0 Å². The smallest absolute Gasteiger partial charge is 0.207 e. The van der Waals surface area contributed by atoms with Crippen molar-refractivity contribution in [2.24, 2.45) is 0 Å². The van der Waals surface area contributed by atoms with Crippen molar-refractivity contribution in [1.29, 1.82) is 0 Å². The average molecular weight is 232 g/mol. The van der Waals surface area contributed by atoms with Crippen molar-refractivity contribution in [2.75, 3.05) is 0 Å². The van der Waals surface area contributed by atoms with Crippen molar-refractivity contribution >= 4 is 29.6 Å². The van der Waals surface area contributed by atoms with E-state index in [1.807, 2.05) is 13.8 Å². The number of hydrogen-bond acceptors (Lipinski definition) is 1. The lowest BCUT2D eigenvalue weighted by molar-refractivity contribution is -0.111. The number of carbonyl (C=O) groups excluding carboxylic acids is 1. The number of hydrogen-bond donors (Lipinski definition) is 1. The molecule has 1 amide bonds. The fourth-order valence-corrected chi connectivity index (χ4v) is 1.87. The number of amides is 1. The van der Waals surface area contributed by atoms with Gasteiger partial charge in [-0.1, -0.05) is 29.3 Å². The Morgan fingerprint density at radius 2 is 2.00 bits per heavy atom. The fourth-order valence-electron chi connectivity index (χ4n) is 1.22. The second-order valence-corrected chi connectivity index (χ2v) is 4.35. The van der Waals surface area contributed by atoms with Crippen LogP contribution in [0.5, 0.6) is 0 Å². The lowest BCUT2D eigenvalue weighted by atomic mass is 9.94. The summed E-state index contributed by atoms with van der Waals surface area (Å²) in [5.74, 6) is 0. The number of rotatable bonds is 3. The Bertz CT molecular complexity index is 350. The van der Waals surface area contributed by atoms with Crippen molar-refractivity contribution < 1.29 is 4.79 Å². The summed E-state index contributed by atoms with van der Waals surface area (Å²) in [6.07, 6.45) is 0.658. The molecule has 0 atom stereocenters. The van der Waals surface area contributed by atoms with Gasteiger partial charge in [-0.2, -0.15) is 0 Å². The molecule has 76 valence electrons. The fraction of sp³-hybridized carbons (Fsp3) is 0.300. The van der Waals surface area contributed by atoms with Gasteiger partial charge in [-0.25, -0.2) is 0 Å². The first-order chi connectivity index (χ1) is 6.47. The zero-order chi connectivity index (χ0) is 10.8. The zero-order valence-electron chi connectivity index (χ0n) is 7.97. The van der Waals surface area contributed by atoms with E-state index >= 15 is 0 Å². The van der Waals surface area contributed by atoms with E-state index in [9.17, 15) is 4.79 Å². The SMILES string of the molecule is CC(C)(NC=O)c1ccc(Cl)cc1Cl. The Labute approximate surface area is 93.2 Å². The van der Waals surface area contributed by atoms with Crippen molar-refractivity contribution in [2.45, 2.75) is 19.4 Å². The summed E-state index contributed by atoms with van der Waals surface area (Å²) in [5, 5.41) is 3.83. The van der Waals surface area contributed by atoms with Crippen LogP contribution in [0.15, 0.2) is 18.2 Å². The standard InChI is InChI=1S/C10H11Cl2NO/c1-10(2,13-6-14)8-4-3-7(11)5-9(8)12/h3-6H,1-2H3,(H,13,14). The number of halogens is 2. The van der Waals surface area contributed by atoms with E-state index in [-0.39, 0.29) is 0 Å². The van der Waals surface area contributed by atoms with Crippen molar-refractivity contribution in [3.63, 3.8) is 0 Å². The molecule has 1 N–H and O–H groups in total. The van der Waals surface area contributed by atoms with E-state index in [0.717, 1.165) is 5.56 Å². The Kier molecular flexibility index (Phi) is 3.40. The van der Waals surface area contributed by atoms with Gasteiger partial charge in [0.05, 0.1) is 5.54 Å². The molecule has 0 unspecified atom stereocenters. The van der Waals surface area contributed by atoms with E-state index in [1.165, 1.54) is 0 Å². The van der Waals surface area contributed by atoms with E-state index in [0.29, 0.717) is 16.5 Å². The molecule has 0 radical (unpaired) electrons. The van der Waals surface area contributed by atoms with Crippen LogP contribution in [0.4, 0.5) is 0 Å². The third-order valence-corrected chi connectivity index (χ3v) is 2.57. The molecular formula is C10H11Cl2NO. The Hall–Kier alpha value is -0.730. The minimum absolute atomic E-state index is 0.483. The predicted molar refractivity (Wildman–Crippen MR) is 58.7 cm³/mol. The first-order valence-electron chi connectivity index (χ1n) is 4.14. The normalized spacial score (nSPS) is 11.1. The molecule has 0 aliphatic heterocycles. The molecule has 1 aromatic rings. The predicted octanol–water partition coefficient (Wildman–Crippen LogP) is 2.97. The maximum atomic E-state index is 10.4. The Balaban J connectivity index is 3.12. The van der Waals surface area contributed by atoms with Gasteiger partial charge in [0.15, 0.2) is 0 Å². The highest BCUT2D eigenvalue weighted by molar-refractivity contribution is 6.35. The third kappa shape index (κ3) is 2.40. The minimum atomic E-state index is -0.483. The van der Waals surface area contributed by atoms with Crippen LogP contribution >= 0.6 is 23.2 Å². The molecule has 1 rings (SSSR count). The Morgan fingerprint density at radius 1 is 1.36 bits per heavy atom. The van der Waals surface area contributed by atoms with Gasteiger partial charge in [-0.3, -0.25) is 4.79 Å². The molecule has 1 aromatic carbocycles. The van der Waals surface area contributed by atoms with Gasteiger partial charge >= 0.3 is 0 Å². The summed E-state index contributed by atoms with van der Waals surface area (Å²) < 4.78 is 0. The van der Waals surface area contributed by atoms with Gasteiger partial charge in [-0.15, -0.1) is 0 Å². The number of benzene rings is 1. The molecule has 0 bridgehead atoms. The second kappa shape index (κ2) is 4.20. The van der Waals surface area contributed by atoms with E-state index < -0.39 is 5.54 Å². The van der Waals surface area contributed by atoms with E-state index in [1.54, 1.807) is 18.2 Å². The highest BCUT2D eigenvalue weighted by atomic mass is 35.5. The molecule has 0 fully saturated rings. The maximum absolute atomic E-state index is 10.4. The van der Waals surface area contributed by atoms with Crippen molar-refractivity contribution in [3.05, 3.63) is 33.8 Å². The van der Waals surface area contributed by atoms with Crippen LogP contribution in [0.2, 0.25) is 10.0 Å². The van der Waals surface area contributed by atoms with Crippen LogP contribution in [0.3, 0.4) is 0 Å². The molecule has 2 nitrogen and oxygen atoms in total. The molecular weight excluding hydrogens is 221 g/mol. The summed E-state index contributed by atoms with van der Waals surface area (Å²) in [6, 6.07) is 5.21. The molecule has 4 heteroatoms. The zero-order valence-corrected chi connectivity index (χ0v) is 9.49. The first-order valence-corrected chi connectivity index (χ1v) is 4.90. The third-order valence-electron chi connectivity index (χ3n) is 2.02. The molecule has 0 spiro atoms. The highest BCUT2D eigenvalue weighted by Gasteiger charge is 2.21. The van der Waals surface area contributed by atoms with Crippen LogP contribution in [0.1, 0.15) is 19.4 Å². The number of nitrogens with one attached hydrogen (secondary N) is 1.